The molecule has 0 aromatic carbocycles. The molecule has 0 aromatic rings. The van der Waals surface area contributed by atoms with Crippen molar-refractivity contribution in [3.05, 3.63) is 0 Å². The first-order valence-corrected chi connectivity index (χ1v) is 5.75. The summed E-state index contributed by atoms with van der Waals surface area (Å²) in [6.45, 7) is 2.55. The summed E-state index contributed by atoms with van der Waals surface area (Å²) < 4.78 is 0. The summed E-state index contributed by atoms with van der Waals surface area (Å²) in [5.41, 5.74) is 0. The highest BCUT2D eigenvalue weighted by Gasteiger charge is 2.52. The number of imide groups is 1. The molecule has 0 aromatic heterocycles. The third-order valence-corrected chi connectivity index (χ3v) is 3.76. The van der Waals surface area contributed by atoms with Gasteiger partial charge in [0.1, 0.15) is 6.04 Å². The largest absolute Gasteiger partial charge is 0.480 e. The first kappa shape index (κ1) is 12.0. The summed E-state index contributed by atoms with van der Waals surface area (Å²) in [7, 11) is 1.49. The fraction of sp³-hybridized carbons (Fsp3) is 0.727. The van der Waals surface area contributed by atoms with Crippen molar-refractivity contribution >= 4 is 17.8 Å². The number of carbonyl (C=O) groups excluding carboxylic acids is 2. The summed E-state index contributed by atoms with van der Waals surface area (Å²) >= 11 is 0. The minimum atomic E-state index is -0.888. The molecule has 2 saturated heterocycles. The Labute approximate surface area is 99.2 Å². The molecule has 2 fully saturated rings. The predicted octanol–water partition coefficient (Wildman–Crippen LogP) is -0.604. The molecule has 94 valence electrons. The smallest absolute Gasteiger partial charge is 0.320 e. The summed E-state index contributed by atoms with van der Waals surface area (Å²) in [5.74, 6) is -1.94. The molecule has 1 N–H and O–H groups in total. The third kappa shape index (κ3) is 1.72. The van der Waals surface area contributed by atoms with Crippen LogP contribution in [0.2, 0.25) is 0 Å². The number of fused-ring (bicyclic) bond motifs is 1. The maximum Gasteiger partial charge on any atom is 0.320 e. The topological polar surface area (TPSA) is 77.9 Å². The quantitative estimate of drug-likeness (QED) is 0.666. The SMILES string of the molecule is CC[C@@H](C(=O)O)N1C[C@@H]2C(=O)N(C)C(=O)[C@@H]2C1. The summed E-state index contributed by atoms with van der Waals surface area (Å²) in [5, 5.41) is 9.06. The molecule has 6 heteroatoms. The van der Waals surface area contributed by atoms with Crippen molar-refractivity contribution in [3.63, 3.8) is 0 Å². The molecule has 0 aliphatic carbocycles. The number of hydrogen-bond acceptors (Lipinski definition) is 4. The second-order valence-corrected chi connectivity index (χ2v) is 4.66. The number of likely N-dealkylation sites (tertiary alicyclic amines) is 2. The minimum Gasteiger partial charge on any atom is -0.480 e. The van der Waals surface area contributed by atoms with Crippen molar-refractivity contribution in [2.45, 2.75) is 19.4 Å². The maximum absolute atomic E-state index is 11.8. The lowest BCUT2D eigenvalue weighted by atomic mass is 10.00. The minimum absolute atomic E-state index is 0.178. The molecule has 17 heavy (non-hydrogen) atoms. The van der Waals surface area contributed by atoms with E-state index in [0.717, 1.165) is 4.90 Å². The number of carboxylic acids is 1. The Morgan fingerprint density at radius 2 is 1.82 bits per heavy atom. The predicted molar refractivity (Wildman–Crippen MR) is 58.0 cm³/mol. The average Bonchev–Trinajstić information content (AvgIpc) is 2.77. The zero-order valence-corrected chi connectivity index (χ0v) is 9.92. The normalized spacial score (nSPS) is 30.8. The van der Waals surface area contributed by atoms with Crippen LogP contribution in [0.15, 0.2) is 0 Å². The molecule has 0 bridgehead atoms. The van der Waals surface area contributed by atoms with Crippen molar-refractivity contribution in [3.8, 4) is 0 Å². The summed E-state index contributed by atoms with van der Waals surface area (Å²) in [6, 6.07) is -0.591. The van der Waals surface area contributed by atoms with Gasteiger partial charge in [-0.2, -0.15) is 0 Å². The highest BCUT2D eigenvalue weighted by molar-refractivity contribution is 6.05. The van der Waals surface area contributed by atoms with E-state index in [1.54, 1.807) is 11.8 Å². The Bertz CT molecular complexity index is 358. The second-order valence-electron chi connectivity index (χ2n) is 4.66. The van der Waals surface area contributed by atoms with E-state index in [1.165, 1.54) is 7.05 Å². The van der Waals surface area contributed by atoms with Gasteiger partial charge in [-0.15, -0.1) is 0 Å². The number of amides is 2. The van der Waals surface area contributed by atoms with Gasteiger partial charge in [-0.25, -0.2) is 0 Å². The van der Waals surface area contributed by atoms with Crippen molar-refractivity contribution in [2.75, 3.05) is 20.1 Å². The van der Waals surface area contributed by atoms with Crippen molar-refractivity contribution in [1.29, 1.82) is 0 Å². The number of carboxylic acid groups (broad SMARTS) is 1. The van der Waals surface area contributed by atoms with Gasteiger partial charge in [-0.3, -0.25) is 24.2 Å². The van der Waals surface area contributed by atoms with Gasteiger partial charge in [0.05, 0.1) is 11.8 Å². The number of nitrogens with zero attached hydrogens (tertiary/aromatic N) is 2. The van der Waals surface area contributed by atoms with Crippen molar-refractivity contribution < 1.29 is 19.5 Å². The zero-order chi connectivity index (χ0) is 12.7. The lowest BCUT2D eigenvalue weighted by Crippen LogP contribution is -2.42. The molecular formula is C11H16N2O4. The molecule has 0 unspecified atom stereocenters. The van der Waals surface area contributed by atoms with Gasteiger partial charge in [0.15, 0.2) is 0 Å². The van der Waals surface area contributed by atoms with Gasteiger partial charge in [0, 0.05) is 20.1 Å². The van der Waals surface area contributed by atoms with Crippen LogP contribution in [0.1, 0.15) is 13.3 Å². The molecule has 3 atom stereocenters. The van der Waals surface area contributed by atoms with Crippen LogP contribution in [-0.4, -0.2) is 58.9 Å². The number of hydrogen-bond donors (Lipinski definition) is 1. The fourth-order valence-corrected chi connectivity index (χ4v) is 2.78. The Hall–Kier alpha value is -1.43. The van der Waals surface area contributed by atoms with Crippen LogP contribution in [0.5, 0.6) is 0 Å². The lowest BCUT2D eigenvalue weighted by Gasteiger charge is -2.24. The lowest BCUT2D eigenvalue weighted by molar-refractivity contribution is -0.145. The van der Waals surface area contributed by atoms with E-state index in [0.29, 0.717) is 19.5 Å². The third-order valence-electron chi connectivity index (χ3n) is 3.76. The summed E-state index contributed by atoms with van der Waals surface area (Å²) in [6.07, 6.45) is 0.479. The maximum atomic E-state index is 11.8. The second kappa shape index (κ2) is 4.10. The van der Waals surface area contributed by atoms with Crippen molar-refractivity contribution in [2.24, 2.45) is 11.8 Å². The van der Waals surface area contributed by atoms with Crippen LogP contribution in [0.3, 0.4) is 0 Å². The Morgan fingerprint density at radius 1 is 1.35 bits per heavy atom. The average molecular weight is 240 g/mol. The van der Waals surface area contributed by atoms with Crippen LogP contribution in [-0.2, 0) is 14.4 Å². The van der Waals surface area contributed by atoms with Crippen LogP contribution >= 0.6 is 0 Å². The first-order chi connectivity index (χ1) is 7.97. The van der Waals surface area contributed by atoms with E-state index in [-0.39, 0.29) is 23.7 Å². The molecule has 0 spiro atoms. The van der Waals surface area contributed by atoms with E-state index < -0.39 is 12.0 Å². The van der Waals surface area contributed by atoms with E-state index >= 15 is 0 Å². The number of carbonyl (C=O) groups is 3. The van der Waals surface area contributed by atoms with E-state index in [4.69, 9.17) is 5.11 Å². The van der Waals surface area contributed by atoms with Gasteiger partial charge < -0.3 is 5.11 Å². The molecule has 2 aliphatic rings. The van der Waals surface area contributed by atoms with Crippen LogP contribution < -0.4 is 0 Å². The van der Waals surface area contributed by atoms with E-state index in [1.807, 2.05) is 0 Å². The Balaban J connectivity index is 2.14. The standard InChI is InChI=1S/C11H16N2O4/c1-3-8(11(16)17)13-4-6-7(5-13)10(15)12(2)9(6)14/h6-8H,3-5H2,1-2H3,(H,16,17)/t6-,7+,8-/m0/s1. The molecular weight excluding hydrogens is 224 g/mol. The highest BCUT2D eigenvalue weighted by Crippen LogP contribution is 2.33. The monoisotopic (exact) mass is 240 g/mol. The molecule has 2 aliphatic heterocycles. The van der Waals surface area contributed by atoms with Gasteiger partial charge in [-0.05, 0) is 6.42 Å². The number of rotatable bonds is 3. The molecule has 2 amide bonds. The van der Waals surface area contributed by atoms with E-state index in [9.17, 15) is 14.4 Å². The van der Waals surface area contributed by atoms with Gasteiger partial charge >= 0.3 is 5.97 Å². The Morgan fingerprint density at radius 3 is 2.18 bits per heavy atom. The molecule has 2 heterocycles. The van der Waals surface area contributed by atoms with E-state index in [2.05, 4.69) is 0 Å². The Kier molecular flexibility index (Phi) is 2.91. The molecule has 2 rings (SSSR count). The van der Waals surface area contributed by atoms with Gasteiger partial charge in [0.2, 0.25) is 11.8 Å². The van der Waals surface area contributed by atoms with Crippen molar-refractivity contribution in [1.82, 2.24) is 9.80 Å². The van der Waals surface area contributed by atoms with Crippen LogP contribution in [0, 0.1) is 11.8 Å². The first-order valence-electron chi connectivity index (χ1n) is 5.75. The van der Waals surface area contributed by atoms with Gasteiger partial charge in [-0.1, -0.05) is 6.92 Å². The number of aliphatic carboxylic acids is 1. The summed E-state index contributed by atoms with van der Waals surface area (Å²) in [4.78, 5) is 37.4. The highest BCUT2D eigenvalue weighted by atomic mass is 16.4. The van der Waals surface area contributed by atoms with Crippen LogP contribution in [0.4, 0.5) is 0 Å². The molecule has 0 radical (unpaired) electrons. The van der Waals surface area contributed by atoms with Crippen LogP contribution in [0.25, 0.3) is 0 Å². The van der Waals surface area contributed by atoms with Gasteiger partial charge in [0.25, 0.3) is 0 Å². The zero-order valence-electron chi connectivity index (χ0n) is 9.92. The molecule has 6 nitrogen and oxygen atoms in total. The fourth-order valence-electron chi connectivity index (χ4n) is 2.78. The molecule has 0 saturated carbocycles.